The molecule has 0 fully saturated rings. The van der Waals surface area contributed by atoms with Gasteiger partial charge in [0.15, 0.2) is 5.43 Å². The summed E-state index contributed by atoms with van der Waals surface area (Å²) in [4.78, 5) is 10.9. The van der Waals surface area contributed by atoms with Gasteiger partial charge < -0.3 is 0 Å². The van der Waals surface area contributed by atoms with Gasteiger partial charge in [-0.05, 0) is 40.2 Å². The highest BCUT2D eigenvalue weighted by Crippen LogP contribution is 2.08. The highest BCUT2D eigenvalue weighted by molar-refractivity contribution is 9.11. The highest BCUT2D eigenvalue weighted by atomic mass is 79.9. The second-order valence-electron chi connectivity index (χ2n) is 1.76. The number of halogens is 2. The van der Waals surface area contributed by atoms with Crippen molar-refractivity contribution in [2.75, 3.05) is 0 Å². The molecule has 0 saturated heterocycles. The van der Waals surface area contributed by atoms with E-state index < -0.39 is 0 Å². The predicted octanol–water partition coefficient (Wildman–Crippen LogP) is 2.57. The minimum absolute atomic E-state index is 0.00861. The van der Waals surface area contributed by atoms with Crippen molar-refractivity contribution in [1.82, 2.24) is 0 Å². The van der Waals surface area contributed by atoms with Crippen molar-refractivity contribution >= 4 is 31.9 Å². The van der Waals surface area contributed by atoms with Crippen molar-refractivity contribution in [3.05, 3.63) is 43.4 Å². The van der Waals surface area contributed by atoms with Crippen LogP contribution < -0.4 is 5.43 Å². The minimum atomic E-state index is -0.00861. The van der Waals surface area contributed by atoms with Crippen LogP contribution in [0.5, 0.6) is 0 Å². The molecule has 0 aliphatic carbocycles. The molecule has 0 bridgehead atoms. The zero-order valence-corrected chi connectivity index (χ0v) is 8.15. The van der Waals surface area contributed by atoms with Crippen LogP contribution in [0.3, 0.4) is 0 Å². The normalized spacial score (nSPS) is 9.40. The van der Waals surface area contributed by atoms with E-state index in [-0.39, 0.29) is 5.43 Å². The average Bonchev–Trinajstić information content (AvgIpc) is 2.04. The zero-order valence-electron chi connectivity index (χ0n) is 4.97. The van der Waals surface area contributed by atoms with Crippen molar-refractivity contribution in [3.8, 4) is 0 Å². The van der Waals surface area contributed by atoms with Gasteiger partial charge in [0.2, 0.25) is 0 Å². The second-order valence-corrected chi connectivity index (χ2v) is 3.53. The number of hydrogen-bond acceptors (Lipinski definition) is 1. The van der Waals surface area contributed by atoms with Gasteiger partial charge in [0.05, 0.1) is 4.47 Å². The quantitative estimate of drug-likeness (QED) is 0.703. The Kier molecular flexibility index (Phi) is 2.63. The topological polar surface area (TPSA) is 17.1 Å². The lowest BCUT2D eigenvalue weighted by Crippen LogP contribution is -1.92. The fourth-order valence-electron chi connectivity index (χ4n) is 0.525. The van der Waals surface area contributed by atoms with Crippen LogP contribution in [0.1, 0.15) is 0 Å². The van der Waals surface area contributed by atoms with Crippen molar-refractivity contribution < 1.29 is 0 Å². The van der Waals surface area contributed by atoms with Gasteiger partial charge in [-0.15, -0.1) is 0 Å². The third-order valence-electron chi connectivity index (χ3n) is 1.02. The van der Waals surface area contributed by atoms with Crippen LogP contribution in [0, 0.1) is 0 Å². The summed E-state index contributed by atoms with van der Waals surface area (Å²) in [6, 6.07) is 6.75. The third kappa shape index (κ3) is 1.92. The molecule has 1 aromatic carbocycles. The number of hydrogen-bond donors (Lipinski definition) is 0. The average molecular weight is 264 g/mol. The van der Waals surface area contributed by atoms with E-state index in [2.05, 4.69) is 31.9 Å². The van der Waals surface area contributed by atoms with Gasteiger partial charge in [0.1, 0.15) is 0 Å². The Morgan fingerprint density at radius 2 is 1.60 bits per heavy atom. The summed E-state index contributed by atoms with van der Waals surface area (Å²) in [6.45, 7) is 0. The Bertz CT molecular complexity index is 296. The van der Waals surface area contributed by atoms with E-state index in [9.17, 15) is 4.79 Å². The molecule has 1 nitrogen and oxygen atoms in total. The van der Waals surface area contributed by atoms with Crippen LogP contribution in [0.15, 0.2) is 38.0 Å². The van der Waals surface area contributed by atoms with Crippen LogP contribution in [0.4, 0.5) is 0 Å². The molecule has 1 aromatic rings. The summed E-state index contributed by atoms with van der Waals surface area (Å²) in [5.74, 6) is 0. The molecular weight excluding hydrogens is 260 g/mol. The third-order valence-corrected chi connectivity index (χ3v) is 2.20. The molecule has 0 aliphatic rings. The molecule has 0 N–H and O–H groups in total. The van der Waals surface area contributed by atoms with E-state index in [0.717, 1.165) is 4.47 Å². The minimum Gasteiger partial charge on any atom is -0.289 e. The first kappa shape index (κ1) is 7.95. The van der Waals surface area contributed by atoms with E-state index in [4.69, 9.17) is 0 Å². The molecule has 10 heavy (non-hydrogen) atoms. The first-order valence-electron chi connectivity index (χ1n) is 2.65. The van der Waals surface area contributed by atoms with Crippen LogP contribution in [-0.2, 0) is 0 Å². The Morgan fingerprint density at radius 3 is 2.30 bits per heavy atom. The zero-order chi connectivity index (χ0) is 7.56. The Labute approximate surface area is 75.3 Å². The molecule has 0 unspecified atom stereocenters. The highest BCUT2D eigenvalue weighted by Gasteiger charge is 1.89. The standard InChI is InChI=1S/C7H4Br2O/c8-5-1-3-6(9)7(10)4-2-5/h1-4H. The van der Waals surface area contributed by atoms with Crippen LogP contribution in [0.2, 0.25) is 0 Å². The largest absolute Gasteiger partial charge is 0.289 e. The fourth-order valence-corrected chi connectivity index (χ4v) is 1.05. The smallest absolute Gasteiger partial charge is 0.192 e. The predicted molar refractivity (Wildman–Crippen MR) is 48.1 cm³/mol. The molecule has 0 radical (unpaired) electrons. The van der Waals surface area contributed by atoms with Crippen molar-refractivity contribution in [2.45, 2.75) is 0 Å². The summed E-state index contributed by atoms with van der Waals surface area (Å²) in [5.41, 5.74) is -0.00861. The maximum absolute atomic E-state index is 10.9. The molecule has 0 saturated carbocycles. The molecule has 0 amide bonds. The molecule has 1 rings (SSSR count). The Balaban J connectivity index is 3.43. The summed E-state index contributed by atoms with van der Waals surface area (Å²) in [6.07, 6.45) is 0. The van der Waals surface area contributed by atoms with Crippen molar-refractivity contribution in [1.29, 1.82) is 0 Å². The molecule has 3 heteroatoms. The SMILES string of the molecule is O=c1ccc(Br)ccc1Br. The van der Waals surface area contributed by atoms with Gasteiger partial charge in [-0.2, -0.15) is 0 Å². The summed E-state index contributed by atoms with van der Waals surface area (Å²) in [7, 11) is 0. The molecule has 0 aromatic heterocycles. The van der Waals surface area contributed by atoms with E-state index >= 15 is 0 Å². The molecule has 0 aliphatic heterocycles. The van der Waals surface area contributed by atoms with E-state index in [1.54, 1.807) is 12.1 Å². The lowest BCUT2D eigenvalue weighted by atomic mass is 10.5. The van der Waals surface area contributed by atoms with Crippen LogP contribution in [-0.4, -0.2) is 0 Å². The van der Waals surface area contributed by atoms with Crippen LogP contribution in [0.25, 0.3) is 0 Å². The Hall–Kier alpha value is -0.150. The molecular formula is C7H4Br2O. The fraction of sp³-hybridized carbons (Fsp3) is 0. The molecule has 0 spiro atoms. The number of rotatable bonds is 0. The first-order chi connectivity index (χ1) is 4.70. The second kappa shape index (κ2) is 3.30. The summed E-state index contributed by atoms with van der Waals surface area (Å²) in [5, 5.41) is 0. The van der Waals surface area contributed by atoms with E-state index in [1.165, 1.54) is 6.07 Å². The lowest BCUT2D eigenvalue weighted by molar-refractivity contribution is 1.61. The Morgan fingerprint density at radius 1 is 1.00 bits per heavy atom. The lowest BCUT2D eigenvalue weighted by Gasteiger charge is -1.73. The summed E-state index contributed by atoms with van der Waals surface area (Å²) >= 11 is 6.38. The van der Waals surface area contributed by atoms with Crippen molar-refractivity contribution in [2.24, 2.45) is 0 Å². The van der Waals surface area contributed by atoms with E-state index in [1.807, 2.05) is 6.07 Å². The maximum atomic E-state index is 10.9. The van der Waals surface area contributed by atoms with Gasteiger partial charge in [-0.3, -0.25) is 4.79 Å². The van der Waals surface area contributed by atoms with Gasteiger partial charge in [-0.25, -0.2) is 0 Å². The van der Waals surface area contributed by atoms with Gasteiger partial charge >= 0.3 is 0 Å². The molecule has 0 atom stereocenters. The van der Waals surface area contributed by atoms with E-state index in [0.29, 0.717) is 4.47 Å². The van der Waals surface area contributed by atoms with Gasteiger partial charge in [0.25, 0.3) is 0 Å². The van der Waals surface area contributed by atoms with Crippen molar-refractivity contribution in [3.63, 3.8) is 0 Å². The maximum Gasteiger partial charge on any atom is 0.192 e. The molecule has 52 valence electrons. The summed E-state index contributed by atoms with van der Waals surface area (Å²) < 4.78 is 1.48. The molecule has 0 heterocycles. The monoisotopic (exact) mass is 262 g/mol. The van der Waals surface area contributed by atoms with Gasteiger partial charge in [-0.1, -0.05) is 15.9 Å². The van der Waals surface area contributed by atoms with Gasteiger partial charge in [0, 0.05) is 4.47 Å². The van der Waals surface area contributed by atoms with Crippen LogP contribution >= 0.6 is 31.9 Å². The first-order valence-corrected chi connectivity index (χ1v) is 4.24.